The average molecular weight is 828 g/mol. The van der Waals surface area contributed by atoms with Crippen LogP contribution in [-0.4, -0.2) is 98.6 Å². The van der Waals surface area contributed by atoms with Gasteiger partial charge in [-0.15, -0.1) is 0 Å². The van der Waals surface area contributed by atoms with Gasteiger partial charge in [-0.25, -0.2) is 0 Å². The van der Waals surface area contributed by atoms with Crippen LogP contribution in [0.1, 0.15) is 137 Å². The predicted octanol–water partition coefficient (Wildman–Crippen LogP) is 9.91. The number of aromatic nitrogens is 2. The SMILES string of the molecule is CCCCP(CCCC)(CCCC)(OC(=O)COC(C)=O)N1C(=O)[C@H]([C@@H](C)O[Si](C)(C)C(C)(C)C)[C@H]1CC(=O)c1cc(C)n(CCO[Si](C)(C)C(C)(C)C)n1. The Bertz CT molecular complexity index is 1460. The first-order valence-electron chi connectivity index (χ1n) is 20.8. The molecule has 2 rings (SSSR count). The summed E-state index contributed by atoms with van der Waals surface area (Å²) in [6, 6.07) is 1.27. The van der Waals surface area contributed by atoms with E-state index in [0.717, 1.165) is 44.2 Å². The van der Waals surface area contributed by atoms with E-state index in [4.69, 9.17) is 23.2 Å². The van der Waals surface area contributed by atoms with E-state index in [9.17, 15) is 14.4 Å². The van der Waals surface area contributed by atoms with E-state index >= 15 is 4.79 Å². The van der Waals surface area contributed by atoms with Gasteiger partial charge in [0.1, 0.15) is 0 Å². The Morgan fingerprint density at radius 3 is 1.85 bits per heavy atom. The molecule has 0 unspecified atom stereocenters. The van der Waals surface area contributed by atoms with Crippen LogP contribution in [0.3, 0.4) is 0 Å². The van der Waals surface area contributed by atoms with E-state index in [0.29, 0.717) is 37.3 Å². The molecule has 1 fully saturated rings. The number of unbranched alkanes of at least 4 members (excludes halogenated alkanes) is 3. The van der Waals surface area contributed by atoms with Crippen LogP contribution in [0.5, 0.6) is 0 Å². The van der Waals surface area contributed by atoms with Crippen molar-refractivity contribution in [1.29, 1.82) is 0 Å². The number of ketones is 1. The fourth-order valence-corrected chi connectivity index (χ4v) is 16.7. The fourth-order valence-electron chi connectivity index (χ4n) is 7.23. The summed E-state index contributed by atoms with van der Waals surface area (Å²) >= 11 is 0. The van der Waals surface area contributed by atoms with Gasteiger partial charge in [0.15, 0.2) is 0 Å². The van der Waals surface area contributed by atoms with Crippen molar-refractivity contribution in [3.63, 3.8) is 0 Å². The molecule has 1 aliphatic heterocycles. The van der Waals surface area contributed by atoms with Crippen LogP contribution in [-0.2, 0) is 39.0 Å². The molecule has 0 aromatic carbocycles. The molecule has 11 nitrogen and oxygen atoms in total. The van der Waals surface area contributed by atoms with Crippen molar-refractivity contribution in [1.82, 2.24) is 14.5 Å². The van der Waals surface area contributed by atoms with Gasteiger partial charge in [0.05, 0.1) is 0 Å². The molecule has 2 heterocycles. The van der Waals surface area contributed by atoms with Crippen molar-refractivity contribution in [3.05, 3.63) is 17.5 Å². The molecule has 55 heavy (non-hydrogen) atoms. The van der Waals surface area contributed by atoms with Crippen LogP contribution >= 0.6 is 6.98 Å². The number of aryl methyl sites for hydroxylation is 1. The van der Waals surface area contributed by atoms with E-state index in [1.807, 2.05) is 29.3 Å². The first-order valence-corrected chi connectivity index (χ1v) is 29.3. The summed E-state index contributed by atoms with van der Waals surface area (Å²) in [5.74, 6) is -2.09. The van der Waals surface area contributed by atoms with E-state index in [1.54, 1.807) is 0 Å². The Kier molecular flexibility index (Phi) is 17.2. The second kappa shape index (κ2) is 19.2. The molecule has 318 valence electrons. The molecule has 0 spiro atoms. The molecule has 0 radical (unpaired) electrons. The quantitative estimate of drug-likeness (QED) is 0.0348. The van der Waals surface area contributed by atoms with Crippen LogP contribution in [0.2, 0.25) is 36.3 Å². The number of carbonyl (C=O) groups is 4. The molecule has 0 bridgehead atoms. The summed E-state index contributed by atoms with van der Waals surface area (Å²) in [5, 5.41) is 4.77. The van der Waals surface area contributed by atoms with Gasteiger partial charge in [-0.1, -0.05) is 20.8 Å². The molecule has 3 atom stereocenters. The van der Waals surface area contributed by atoms with Gasteiger partial charge in [-0.2, -0.15) is 0 Å². The predicted molar refractivity (Wildman–Crippen MR) is 230 cm³/mol. The maximum absolute atomic E-state index is 15.1. The van der Waals surface area contributed by atoms with Gasteiger partial charge in [-0.05, 0) is 0 Å². The number of ether oxygens (including phenoxy) is 1. The molecular weight excluding hydrogens is 750 g/mol. The molecule has 0 saturated carbocycles. The van der Waals surface area contributed by atoms with Gasteiger partial charge in [-0.3, -0.25) is 0 Å². The first kappa shape index (κ1) is 49.2. The van der Waals surface area contributed by atoms with Crippen molar-refractivity contribution < 1.29 is 37.3 Å². The fraction of sp³-hybridized carbons (Fsp3) is 0.829. The third kappa shape index (κ3) is 11.8. The Hall–Kier alpha value is -1.93. The number of rotatable bonds is 23. The maximum atomic E-state index is 15.1. The molecular formula is C41H78N3O8PSi2. The standard InChI is InChI=1S/C41H78N3O8PSi2/c1-17-20-25-53(26-21-18-2,27-22-19-3,51-37(47)30-49-33(6)45)44-35(38(39(44)48)32(5)52-55(15,16)41(10,11)12)29-36(46)34-28-31(4)43(42-34)23-24-50-54(13,14)40(7,8)9/h28,32,35,38H,17-27,29-30H2,1-16H3/t32-,35-,38-/m1/s1. The molecule has 1 aliphatic rings. The number of nitrogens with zero attached hydrogens (tertiary/aromatic N) is 3. The number of carbonyl (C=O) groups excluding carboxylic acids is 4. The number of β-lactam (4-membered cyclic amide) rings is 1. The Labute approximate surface area is 336 Å². The molecule has 14 heteroatoms. The Morgan fingerprint density at radius 1 is 0.891 bits per heavy atom. The second-order valence-electron chi connectivity index (χ2n) is 19.0. The van der Waals surface area contributed by atoms with E-state index in [-0.39, 0.29) is 28.2 Å². The topological polar surface area (TPSA) is 126 Å². The van der Waals surface area contributed by atoms with E-state index in [2.05, 4.69) is 88.5 Å². The minimum atomic E-state index is -3.91. The zero-order chi connectivity index (χ0) is 42.2. The molecule has 1 aromatic heterocycles. The van der Waals surface area contributed by atoms with Crippen LogP contribution in [0.4, 0.5) is 0 Å². The van der Waals surface area contributed by atoms with Gasteiger partial charge < -0.3 is 0 Å². The molecule has 0 N–H and O–H groups in total. The zero-order valence-electron chi connectivity index (χ0n) is 37.6. The number of hydrogen-bond acceptors (Lipinski definition) is 9. The van der Waals surface area contributed by atoms with Gasteiger partial charge in [0.25, 0.3) is 0 Å². The Morgan fingerprint density at radius 2 is 1.40 bits per heavy atom. The zero-order valence-corrected chi connectivity index (χ0v) is 40.5. The van der Waals surface area contributed by atoms with Gasteiger partial charge in [0, 0.05) is 0 Å². The molecule has 0 aliphatic carbocycles. The summed E-state index contributed by atoms with van der Waals surface area (Å²) in [4.78, 5) is 55.2. The van der Waals surface area contributed by atoms with Crippen LogP contribution in [0.15, 0.2) is 6.07 Å². The summed E-state index contributed by atoms with van der Waals surface area (Å²) < 4.78 is 29.0. The van der Waals surface area contributed by atoms with Crippen molar-refractivity contribution in [2.24, 2.45) is 5.92 Å². The number of Topliss-reactive ketones (excluding diaryl/α,β-unsaturated/α-hetero) is 1. The summed E-state index contributed by atoms with van der Waals surface area (Å²) in [5.41, 5.74) is 1.21. The van der Waals surface area contributed by atoms with E-state index < -0.39 is 60.2 Å². The monoisotopic (exact) mass is 828 g/mol. The molecule has 1 aromatic rings. The van der Waals surface area contributed by atoms with Crippen LogP contribution in [0.25, 0.3) is 0 Å². The van der Waals surface area contributed by atoms with E-state index in [1.165, 1.54) is 6.92 Å². The third-order valence-electron chi connectivity index (χ3n) is 12.6. The number of esters is 1. The van der Waals surface area contributed by atoms with Crippen molar-refractivity contribution >= 4 is 47.2 Å². The van der Waals surface area contributed by atoms with Crippen LogP contribution < -0.4 is 0 Å². The Balaban J connectivity index is 2.73. The number of amides is 1. The normalized spacial score (nSPS) is 18.4. The summed E-state index contributed by atoms with van der Waals surface area (Å²) in [6.07, 6.45) is 5.95. The third-order valence-corrected chi connectivity index (χ3v) is 28.0. The van der Waals surface area contributed by atoms with Crippen molar-refractivity contribution in [2.75, 3.05) is 31.7 Å². The van der Waals surface area contributed by atoms with Gasteiger partial charge in [0.2, 0.25) is 0 Å². The summed E-state index contributed by atoms with van der Waals surface area (Å²) in [6.45, 7) is 30.0. The summed E-state index contributed by atoms with van der Waals surface area (Å²) in [7, 11) is -4.28. The van der Waals surface area contributed by atoms with Crippen molar-refractivity contribution in [2.45, 2.75) is 183 Å². The average Bonchev–Trinajstić information content (AvgIpc) is 3.43. The van der Waals surface area contributed by atoms with Crippen LogP contribution in [0, 0.1) is 12.8 Å². The number of hydrogen-bond donors (Lipinski definition) is 0. The second-order valence-corrected chi connectivity index (χ2v) is 33.7. The van der Waals surface area contributed by atoms with Crippen molar-refractivity contribution in [3.8, 4) is 0 Å². The molecule has 1 amide bonds. The first-order chi connectivity index (χ1) is 25.2. The molecule has 1 saturated heterocycles. The van der Waals surface area contributed by atoms with Gasteiger partial charge >= 0.3 is 316 Å². The minimum absolute atomic E-state index is 0.0301.